The highest BCUT2D eigenvalue weighted by Crippen LogP contribution is 2.02. The summed E-state index contributed by atoms with van der Waals surface area (Å²) in [5.41, 5.74) is 1.27. The van der Waals surface area contributed by atoms with Crippen molar-refractivity contribution < 1.29 is 4.74 Å². The van der Waals surface area contributed by atoms with Crippen molar-refractivity contribution in [3.63, 3.8) is 0 Å². The van der Waals surface area contributed by atoms with Gasteiger partial charge in [0.25, 0.3) is 0 Å². The fourth-order valence-electron chi connectivity index (χ4n) is 1.62. The summed E-state index contributed by atoms with van der Waals surface area (Å²) in [6.45, 7) is 4.31. The van der Waals surface area contributed by atoms with Gasteiger partial charge >= 0.3 is 0 Å². The van der Waals surface area contributed by atoms with Crippen LogP contribution < -0.4 is 5.49 Å². The fourth-order valence-corrected chi connectivity index (χ4v) is 1.62. The van der Waals surface area contributed by atoms with Crippen molar-refractivity contribution in [2.24, 2.45) is 0 Å². The Kier molecular flexibility index (Phi) is 3.42. The standard InChI is InChI=1S/C11H15N3O/c12-11-4-2-1-3-10(13-11)9-14-5-7-15-8-6-14/h1-4,12H,5-9H2. The first-order valence-corrected chi connectivity index (χ1v) is 5.15. The van der Waals surface area contributed by atoms with Crippen LogP contribution in [-0.4, -0.2) is 36.2 Å². The van der Waals surface area contributed by atoms with Crippen molar-refractivity contribution in [1.29, 1.82) is 5.41 Å². The van der Waals surface area contributed by atoms with Gasteiger partial charge in [-0.2, -0.15) is 0 Å². The lowest BCUT2D eigenvalue weighted by Crippen LogP contribution is -2.36. The minimum atomic E-state index is 0.322. The van der Waals surface area contributed by atoms with Gasteiger partial charge in [-0.25, -0.2) is 4.98 Å². The van der Waals surface area contributed by atoms with Gasteiger partial charge in [-0.1, -0.05) is 12.1 Å². The van der Waals surface area contributed by atoms with Crippen LogP contribution in [0.1, 0.15) is 5.69 Å². The van der Waals surface area contributed by atoms with Crippen LogP contribution in [-0.2, 0) is 11.3 Å². The predicted octanol–water partition coefficient (Wildman–Crippen LogP) is 0.393. The molecule has 1 saturated heterocycles. The molecular weight excluding hydrogens is 190 g/mol. The molecule has 4 heteroatoms. The summed E-state index contributed by atoms with van der Waals surface area (Å²) in [5, 5.41) is 7.52. The number of hydrogen-bond donors (Lipinski definition) is 1. The van der Waals surface area contributed by atoms with Crippen LogP contribution in [0.15, 0.2) is 24.3 Å². The largest absolute Gasteiger partial charge is 0.379 e. The Bertz CT molecular complexity index is 374. The maximum absolute atomic E-state index is 7.52. The Morgan fingerprint density at radius 3 is 2.80 bits per heavy atom. The van der Waals surface area contributed by atoms with E-state index in [0.717, 1.165) is 38.5 Å². The van der Waals surface area contributed by atoms with E-state index in [1.54, 1.807) is 6.07 Å². The number of ether oxygens (including phenoxy) is 1. The molecule has 0 radical (unpaired) electrons. The van der Waals surface area contributed by atoms with Crippen molar-refractivity contribution >= 4 is 0 Å². The third-order valence-corrected chi connectivity index (χ3v) is 2.41. The van der Waals surface area contributed by atoms with Crippen LogP contribution in [0.5, 0.6) is 0 Å². The lowest BCUT2D eigenvalue weighted by molar-refractivity contribution is 0.0336. The van der Waals surface area contributed by atoms with Crippen molar-refractivity contribution in [1.82, 2.24) is 9.88 Å². The maximum Gasteiger partial charge on any atom is 0.144 e. The molecule has 1 fully saturated rings. The van der Waals surface area contributed by atoms with Gasteiger partial charge in [0.1, 0.15) is 5.49 Å². The van der Waals surface area contributed by atoms with Crippen molar-refractivity contribution in [3.8, 4) is 0 Å². The van der Waals surface area contributed by atoms with Gasteiger partial charge in [0.2, 0.25) is 0 Å². The molecule has 1 aromatic rings. The third kappa shape index (κ3) is 3.11. The Labute approximate surface area is 89.0 Å². The molecule has 0 spiro atoms. The molecule has 0 unspecified atom stereocenters. The van der Waals surface area contributed by atoms with Gasteiger partial charge in [-0.05, 0) is 12.1 Å². The molecule has 1 aromatic heterocycles. The number of aromatic nitrogens is 1. The van der Waals surface area contributed by atoms with E-state index in [9.17, 15) is 0 Å². The summed E-state index contributed by atoms with van der Waals surface area (Å²) in [5.74, 6) is 0. The Balaban J connectivity index is 2.07. The van der Waals surface area contributed by atoms with Crippen LogP contribution in [0.25, 0.3) is 0 Å². The van der Waals surface area contributed by atoms with E-state index in [1.165, 1.54) is 0 Å². The lowest BCUT2D eigenvalue weighted by Gasteiger charge is -2.25. The normalized spacial score (nSPS) is 17.6. The molecule has 80 valence electrons. The van der Waals surface area contributed by atoms with E-state index in [-0.39, 0.29) is 0 Å². The van der Waals surface area contributed by atoms with E-state index in [1.807, 2.05) is 18.2 Å². The van der Waals surface area contributed by atoms with Crippen molar-refractivity contribution in [3.05, 3.63) is 35.4 Å². The summed E-state index contributed by atoms with van der Waals surface area (Å²) >= 11 is 0. The van der Waals surface area contributed by atoms with E-state index in [2.05, 4.69) is 9.88 Å². The Hall–Kier alpha value is -1.26. The van der Waals surface area contributed by atoms with Crippen LogP contribution >= 0.6 is 0 Å². The van der Waals surface area contributed by atoms with Gasteiger partial charge in [0, 0.05) is 19.6 Å². The monoisotopic (exact) mass is 205 g/mol. The Morgan fingerprint density at radius 2 is 2.00 bits per heavy atom. The zero-order valence-corrected chi connectivity index (χ0v) is 8.65. The second-order valence-corrected chi connectivity index (χ2v) is 3.60. The van der Waals surface area contributed by atoms with Crippen molar-refractivity contribution in [2.75, 3.05) is 26.3 Å². The molecule has 0 bridgehead atoms. The molecule has 0 aliphatic carbocycles. The van der Waals surface area contributed by atoms with Gasteiger partial charge < -0.3 is 4.74 Å². The van der Waals surface area contributed by atoms with Crippen LogP contribution in [0, 0.1) is 5.41 Å². The maximum atomic E-state index is 7.52. The molecule has 2 rings (SSSR count). The second-order valence-electron chi connectivity index (χ2n) is 3.60. The molecule has 0 amide bonds. The highest BCUT2D eigenvalue weighted by Gasteiger charge is 2.10. The first-order chi connectivity index (χ1) is 7.34. The smallest absolute Gasteiger partial charge is 0.144 e. The summed E-state index contributed by atoms with van der Waals surface area (Å²) < 4.78 is 5.28. The molecule has 1 N–H and O–H groups in total. The average Bonchev–Trinajstić information content (AvgIpc) is 2.44. The topological polar surface area (TPSA) is 49.2 Å². The lowest BCUT2D eigenvalue weighted by atomic mass is 10.3. The van der Waals surface area contributed by atoms with Gasteiger partial charge in [-0.3, -0.25) is 10.3 Å². The number of rotatable bonds is 2. The van der Waals surface area contributed by atoms with Crippen LogP contribution in [0.4, 0.5) is 0 Å². The number of hydrogen-bond acceptors (Lipinski definition) is 4. The fraction of sp³-hybridized carbons (Fsp3) is 0.455. The van der Waals surface area contributed by atoms with Crippen LogP contribution in [0.2, 0.25) is 0 Å². The zero-order valence-electron chi connectivity index (χ0n) is 8.65. The summed E-state index contributed by atoms with van der Waals surface area (Å²) in [7, 11) is 0. The van der Waals surface area contributed by atoms with E-state index in [4.69, 9.17) is 10.1 Å². The van der Waals surface area contributed by atoms with Gasteiger partial charge in [-0.15, -0.1) is 0 Å². The first kappa shape index (κ1) is 10.3. The molecule has 4 nitrogen and oxygen atoms in total. The summed E-state index contributed by atoms with van der Waals surface area (Å²) in [6, 6.07) is 7.44. The average molecular weight is 205 g/mol. The molecule has 1 aliphatic heterocycles. The molecule has 0 aromatic carbocycles. The highest BCUT2D eigenvalue weighted by atomic mass is 16.5. The molecule has 2 heterocycles. The summed E-state index contributed by atoms with van der Waals surface area (Å²) in [4.78, 5) is 6.51. The quantitative estimate of drug-likeness (QED) is 0.760. The first-order valence-electron chi connectivity index (χ1n) is 5.15. The predicted molar refractivity (Wildman–Crippen MR) is 56.2 cm³/mol. The highest BCUT2D eigenvalue weighted by molar-refractivity contribution is 5.02. The Morgan fingerprint density at radius 1 is 1.27 bits per heavy atom. The van der Waals surface area contributed by atoms with Gasteiger partial charge in [0.05, 0.1) is 18.9 Å². The third-order valence-electron chi connectivity index (χ3n) is 2.41. The summed E-state index contributed by atoms with van der Waals surface area (Å²) in [6.07, 6.45) is 0. The molecule has 0 atom stereocenters. The zero-order chi connectivity index (χ0) is 10.5. The SMILES string of the molecule is N=c1ccccc(CN2CCOCC2)n1. The number of nitrogens with one attached hydrogen (secondary N) is 1. The number of nitrogens with zero attached hydrogens (tertiary/aromatic N) is 2. The van der Waals surface area contributed by atoms with Crippen molar-refractivity contribution in [2.45, 2.75) is 6.54 Å². The van der Waals surface area contributed by atoms with Gasteiger partial charge in [0.15, 0.2) is 0 Å². The van der Waals surface area contributed by atoms with Crippen LogP contribution in [0.3, 0.4) is 0 Å². The minimum absolute atomic E-state index is 0.322. The van der Waals surface area contributed by atoms with E-state index >= 15 is 0 Å². The minimum Gasteiger partial charge on any atom is -0.379 e. The number of morpholine rings is 1. The molecule has 1 aliphatic rings. The van der Waals surface area contributed by atoms with E-state index < -0.39 is 0 Å². The molecule has 15 heavy (non-hydrogen) atoms. The van der Waals surface area contributed by atoms with E-state index in [0.29, 0.717) is 5.49 Å². The molecular formula is C11H15N3O. The second kappa shape index (κ2) is 5.00. The molecule has 0 saturated carbocycles.